The minimum Gasteiger partial charge on any atom is -0.481 e. The lowest BCUT2D eigenvalue weighted by Crippen LogP contribution is -2.27. The standard InChI is InChI=1S/C25H30N4O4S/c1-17-13-23(24(30)15-28-11-5-6-12-28)18(2)29(17)21-7-9-22(10-8-21)34(31,32)16-20-14-25(33-4)27-19(3)26-20/h7-10,13-14H,5-6,11-12,15-16H2,1-4H3. The van der Waals surface area contributed by atoms with Gasteiger partial charge in [-0.25, -0.2) is 13.4 Å². The summed E-state index contributed by atoms with van der Waals surface area (Å²) >= 11 is 0. The second-order valence-corrected chi connectivity index (χ2v) is 10.7. The van der Waals surface area contributed by atoms with Crippen molar-refractivity contribution < 1.29 is 17.9 Å². The molecule has 4 rings (SSSR count). The van der Waals surface area contributed by atoms with Crippen molar-refractivity contribution >= 4 is 15.6 Å². The van der Waals surface area contributed by atoms with Crippen molar-refractivity contribution in [2.24, 2.45) is 0 Å². The van der Waals surface area contributed by atoms with Crippen LogP contribution in [0.2, 0.25) is 0 Å². The Labute approximate surface area is 200 Å². The molecule has 0 bridgehead atoms. The van der Waals surface area contributed by atoms with Crippen molar-refractivity contribution in [1.82, 2.24) is 19.4 Å². The van der Waals surface area contributed by atoms with Gasteiger partial charge in [-0.15, -0.1) is 0 Å². The Kier molecular flexibility index (Phi) is 6.86. The lowest BCUT2D eigenvalue weighted by molar-refractivity contribution is 0.0944. The molecule has 1 aromatic carbocycles. The molecule has 1 aliphatic rings. The number of aryl methyl sites for hydroxylation is 2. The minimum atomic E-state index is -3.61. The summed E-state index contributed by atoms with van der Waals surface area (Å²) in [6, 6.07) is 10.2. The summed E-state index contributed by atoms with van der Waals surface area (Å²) in [4.78, 5) is 23.6. The average Bonchev–Trinajstić information content (AvgIpc) is 3.40. The Hall–Kier alpha value is -3.04. The van der Waals surface area contributed by atoms with Crippen LogP contribution in [0.1, 0.15) is 46.1 Å². The number of likely N-dealkylation sites (tertiary alicyclic amines) is 1. The van der Waals surface area contributed by atoms with Crippen molar-refractivity contribution in [3.05, 3.63) is 64.9 Å². The molecular weight excluding hydrogens is 452 g/mol. The van der Waals surface area contributed by atoms with Gasteiger partial charge in [-0.2, -0.15) is 4.98 Å². The largest absolute Gasteiger partial charge is 0.481 e. The fraction of sp³-hybridized carbons (Fsp3) is 0.400. The van der Waals surface area contributed by atoms with Crippen LogP contribution in [-0.4, -0.2) is 60.4 Å². The smallest absolute Gasteiger partial charge is 0.216 e. The number of hydrogen-bond donors (Lipinski definition) is 0. The molecule has 180 valence electrons. The molecule has 34 heavy (non-hydrogen) atoms. The van der Waals surface area contributed by atoms with Gasteiger partial charge >= 0.3 is 0 Å². The summed E-state index contributed by atoms with van der Waals surface area (Å²) in [5, 5.41) is 0. The predicted molar refractivity (Wildman–Crippen MR) is 129 cm³/mol. The first-order valence-corrected chi connectivity index (χ1v) is 13.0. The number of Topliss-reactive ketones (excluding diaryl/α,β-unsaturated/α-hetero) is 1. The van der Waals surface area contributed by atoms with Gasteiger partial charge in [0.1, 0.15) is 5.82 Å². The van der Waals surface area contributed by atoms with E-state index in [9.17, 15) is 13.2 Å². The fourth-order valence-electron chi connectivity index (χ4n) is 4.53. The predicted octanol–water partition coefficient (Wildman–Crippen LogP) is 3.45. The van der Waals surface area contributed by atoms with Crippen molar-refractivity contribution in [1.29, 1.82) is 0 Å². The Morgan fingerprint density at radius 1 is 1.03 bits per heavy atom. The van der Waals surface area contributed by atoms with Crippen LogP contribution in [0.3, 0.4) is 0 Å². The summed E-state index contributed by atoms with van der Waals surface area (Å²) in [6.45, 7) is 7.96. The average molecular weight is 483 g/mol. The van der Waals surface area contributed by atoms with Crippen molar-refractivity contribution in [3.63, 3.8) is 0 Å². The monoisotopic (exact) mass is 482 g/mol. The van der Waals surface area contributed by atoms with E-state index in [1.165, 1.54) is 13.2 Å². The molecule has 3 heterocycles. The van der Waals surface area contributed by atoms with E-state index in [2.05, 4.69) is 14.9 Å². The Bertz CT molecular complexity index is 1310. The first-order valence-electron chi connectivity index (χ1n) is 11.3. The summed E-state index contributed by atoms with van der Waals surface area (Å²) in [5.41, 5.74) is 3.71. The van der Waals surface area contributed by atoms with E-state index in [4.69, 9.17) is 4.74 Å². The Balaban J connectivity index is 1.56. The molecule has 0 aliphatic carbocycles. The number of benzene rings is 1. The van der Waals surface area contributed by atoms with Crippen LogP contribution in [0.5, 0.6) is 5.88 Å². The number of aromatic nitrogens is 3. The summed E-state index contributed by atoms with van der Waals surface area (Å²) in [6.07, 6.45) is 2.29. The maximum absolute atomic E-state index is 13.0. The molecule has 0 N–H and O–H groups in total. The third-order valence-electron chi connectivity index (χ3n) is 6.17. The summed E-state index contributed by atoms with van der Waals surface area (Å²) < 4.78 is 33.1. The van der Waals surface area contributed by atoms with Gasteiger partial charge in [0.15, 0.2) is 15.6 Å². The van der Waals surface area contributed by atoms with Gasteiger partial charge in [0, 0.05) is 28.7 Å². The zero-order valence-corrected chi connectivity index (χ0v) is 20.9. The molecule has 0 unspecified atom stereocenters. The van der Waals surface area contributed by atoms with E-state index >= 15 is 0 Å². The molecule has 0 atom stereocenters. The normalized spacial score (nSPS) is 14.5. The highest BCUT2D eigenvalue weighted by atomic mass is 32.2. The van der Waals surface area contributed by atoms with Gasteiger partial charge in [0.05, 0.1) is 30.0 Å². The summed E-state index contributed by atoms with van der Waals surface area (Å²) in [5.74, 6) is 0.661. The molecule has 1 fully saturated rings. The van der Waals surface area contributed by atoms with Crippen LogP contribution in [0.4, 0.5) is 0 Å². The number of sulfone groups is 1. The van der Waals surface area contributed by atoms with Crippen molar-refractivity contribution in [2.45, 2.75) is 44.3 Å². The number of hydrogen-bond acceptors (Lipinski definition) is 7. The molecule has 1 saturated heterocycles. The molecule has 9 heteroatoms. The number of nitrogens with zero attached hydrogens (tertiary/aromatic N) is 4. The van der Waals surface area contributed by atoms with Crippen LogP contribution in [0.15, 0.2) is 41.3 Å². The molecule has 0 amide bonds. The number of ketones is 1. The Morgan fingerprint density at radius 2 is 1.71 bits per heavy atom. The molecule has 1 aliphatic heterocycles. The quantitative estimate of drug-likeness (QED) is 0.454. The maximum Gasteiger partial charge on any atom is 0.216 e. The first kappa shape index (κ1) is 24.1. The minimum absolute atomic E-state index is 0.121. The van der Waals surface area contributed by atoms with Crippen molar-refractivity contribution in [3.8, 4) is 11.6 Å². The van der Waals surface area contributed by atoms with Crippen LogP contribution in [0.25, 0.3) is 5.69 Å². The number of rotatable bonds is 8. The second kappa shape index (κ2) is 9.68. The van der Waals surface area contributed by atoms with Gasteiger partial charge in [-0.05, 0) is 77.0 Å². The molecule has 0 saturated carbocycles. The van der Waals surface area contributed by atoms with Gasteiger partial charge in [0.2, 0.25) is 5.88 Å². The SMILES string of the molecule is COc1cc(CS(=O)(=O)c2ccc(-n3c(C)cc(C(=O)CN4CCCC4)c3C)cc2)nc(C)n1. The van der Waals surface area contributed by atoms with E-state index < -0.39 is 9.84 Å². The molecular formula is C25H30N4O4S. The zero-order valence-electron chi connectivity index (χ0n) is 20.0. The van der Waals surface area contributed by atoms with Crippen LogP contribution in [0, 0.1) is 20.8 Å². The highest BCUT2D eigenvalue weighted by molar-refractivity contribution is 7.90. The highest BCUT2D eigenvalue weighted by Gasteiger charge is 2.22. The van der Waals surface area contributed by atoms with Gasteiger partial charge < -0.3 is 9.30 Å². The topological polar surface area (TPSA) is 94.4 Å². The van der Waals surface area contributed by atoms with Gasteiger partial charge in [-0.3, -0.25) is 9.69 Å². The van der Waals surface area contributed by atoms with Crippen LogP contribution < -0.4 is 4.74 Å². The third kappa shape index (κ3) is 5.05. The second-order valence-electron chi connectivity index (χ2n) is 8.73. The number of methoxy groups -OCH3 is 1. The van der Waals surface area contributed by atoms with E-state index in [-0.39, 0.29) is 16.4 Å². The molecule has 0 radical (unpaired) electrons. The molecule has 0 spiro atoms. The summed E-state index contributed by atoms with van der Waals surface area (Å²) in [7, 11) is -2.13. The Morgan fingerprint density at radius 3 is 2.35 bits per heavy atom. The van der Waals surface area contributed by atoms with E-state index in [0.29, 0.717) is 29.5 Å². The number of carbonyl (C=O) groups excluding carboxylic acids is 1. The molecule has 3 aromatic rings. The van der Waals surface area contributed by atoms with Crippen LogP contribution >= 0.6 is 0 Å². The lowest BCUT2D eigenvalue weighted by atomic mass is 10.1. The third-order valence-corrected chi connectivity index (χ3v) is 7.83. The van der Waals surface area contributed by atoms with Crippen molar-refractivity contribution in [2.75, 3.05) is 26.7 Å². The first-order chi connectivity index (χ1) is 16.2. The maximum atomic E-state index is 13.0. The van der Waals surface area contributed by atoms with E-state index in [1.54, 1.807) is 31.2 Å². The van der Waals surface area contributed by atoms with Crippen LogP contribution in [-0.2, 0) is 15.6 Å². The fourth-order valence-corrected chi connectivity index (χ4v) is 5.78. The van der Waals surface area contributed by atoms with Gasteiger partial charge in [-0.1, -0.05) is 0 Å². The zero-order chi connectivity index (χ0) is 24.5. The lowest BCUT2D eigenvalue weighted by Gasteiger charge is -2.14. The van der Waals surface area contributed by atoms with Gasteiger partial charge in [0.25, 0.3) is 0 Å². The number of carbonyl (C=O) groups is 1. The van der Waals surface area contributed by atoms with E-state index in [0.717, 1.165) is 43.0 Å². The molecule has 2 aromatic heterocycles. The highest BCUT2D eigenvalue weighted by Crippen LogP contribution is 2.24. The van der Waals surface area contributed by atoms with E-state index in [1.807, 2.05) is 24.5 Å². The number of ether oxygens (including phenoxy) is 1. The molecule has 8 nitrogen and oxygen atoms in total.